The minimum absolute atomic E-state index is 0.0334. The first-order chi connectivity index (χ1) is 14.1. The van der Waals surface area contributed by atoms with Crippen LogP contribution in [0.15, 0.2) is 52.2 Å². The second-order valence-corrected chi connectivity index (χ2v) is 12.5. The number of sulfonamides is 1. The van der Waals surface area contributed by atoms with Crippen molar-refractivity contribution in [2.75, 3.05) is 11.0 Å². The number of rotatable bonds is 5. The third-order valence-electron chi connectivity index (χ3n) is 5.70. The predicted molar refractivity (Wildman–Crippen MR) is 121 cm³/mol. The van der Waals surface area contributed by atoms with E-state index < -0.39 is 31.3 Å². The van der Waals surface area contributed by atoms with E-state index in [-0.39, 0.29) is 21.4 Å². The number of nitrogens with one attached hydrogen (secondary N) is 1. The molecule has 2 aromatic rings. The Bertz CT molecular complexity index is 1300. The number of hydrogen-bond donors (Lipinski definition) is 1. The molecular formula is C22H27NO6S2. The molecule has 0 saturated carbocycles. The lowest BCUT2D eigenvalue weighted by molar-refractivity contribution is 0.331. The van der Waals surface area contributed by atoms with Gasteiger partial charge in [0.15, 0.2) is 5.75 Å². The molecule has 9 heteroatoms. The Kier molecular flexibility index (Phi) is 5.73. The quantitative estimate of drug-likeness (QED) is 0.677. The molecule has 0 fully saturated rings. The number of hydrogen-bond acceptors (Lipinski definition) is 6. The van der Waals surface area contributed by atoms with Crippen molar-refractivity contribution in [3.63, 3.8) is 0 Å². The maximum Gasteiger partial charge on any atom is 0.306 e. The van der Waals surface area contributed by atoms with Crippen molar-refractivity contribution in [3.05, 3.63) is 63.8 Å². The van der Waals surface area contributed by atoms with Crippen molar-refractivity contribution in [2.24, 2.45) is 0 Å². The van der Waals surface area contributed by atoms with Crippen molar-refractivity contribution in [1.82, 2.24) is 0 Å². The summed E-state index contributed by atoms with van der Waals surface area (Å²) in [5.41, 5.74) is 1.40. The molecule has 31 heavy (non-hydrogen) atoms. The van der Waals surface area contributed by atoms with Gasteiger partial charge in [-0.2, -0.15) is 8.42 Å². The Balaban J connectivity index is 1.99. The smallest absolute Gasteiger partial charge is 0.306 e. The van der Waals surface area contributed by atoms with E-state index in [0.717, 1.165) is 42.4 Å². The van der Waals surface area contributed by atoms with Gasteiger partial charge in [0.2, 0.25) is 5.43 Å². The highest BCUT2D eigenvalue weighted by atomic mass is 32.2. The zero-order chi connectivity index (χ0) is 23.2. The van der Waals surface area contributed by atoms with Crippen LogP contribution in [0, 0.1) is 0 Å². The number of anilines is 1. The molecule has 3 rings (SSSR count). The first-order valence-electron chi connectivity index (χ1n) is 9.82. The minimum Gasteiger partial charge on any atom is -0.378 e. The summed E-state index contributed by atoms with van der Waals surface area (Å²) in [6.07, 6.45) is 2.79. The maximum atomic E-state index is 13.0. The van der Waals surface area contributed by atoms with Gasteiger partial charge >= 0.3 is 10.1 Å². The summed E-state index contributed by atoms with van der Waals surface area (Å²) in [6, 6.07) is 9.91. The Hall–Kier alpha value is -2.39. The maximum absolute atomic E-state index is 13.0. The van der Waals surface area contributed by atoms with E-state index in [1.165, 1.54) is 12.1 Å². The molecule has 2 aromatic carbocycles. The zero-order valence-electron chi connectivity index (χ0n) is 18.2. The van der Waals surface area contributed by atoms with Crippen LogP contribution in [0.1, 0.15) is 51.7 Å². The van der Waals surface area contributed by atoms with Crippen LogP contribution in [0.5, 0.6) is 5.75 Å². The summed E-state index contributed by atoms with van der Waals surface area (Å²) >= 11 is 0. The topological polar surface area (TPSA) is 107 Å². The van der Waals surface area contributed by atoms with E-state index in [2.05, 4.69) is 36.6 Å². The van der Waals surface area contributed by atoms with Gasteiger partial charge in [0.1, 0.15) is 0 Å². The van der Waals surface area contributed by atoms with E-state index in [0.29, 0.717) is 0 Å². The first kappa shape index (κ1) is 23.3. The van der Waals surface area contributed by atoms with E-state index >= 15 is 0 Å². The van der Waals surface area contributed by atoms with Crippen LogP contribution in [-0.4, -0.2) is 23.1 Å². The SMILES string of the molecule is CC1(C)CCC(C)(C)c2cc(S(=O)(=O)Nc3ccc(OS(C)(=O)=O)c(=O)cc3)ccc21. The van der Waals surface area contributed by atoms with Crippen LogP contribution in [0.2, 0.25) is 0 Å². The molecule has 1 aliphatic carbocycles. The zero-order valence-corrected chi connectivity index (χ0v) is 19.9. The van der Waals surface area contributed by atoms with Crippen LogP contribution in [0.4, 0.5) is 5.69 Å². The number of fused-ring (bicyclic) bond motifs is 1. The van der Waals surface area contributed by atoms with Gasteiger partial charge in [0.05, 0.1) is 11.2 Å². The van der Waals surface area contributed by atoms with Gasteiger partial charge in [-0.1, -0.05) is 33.8 Å². The van der Waals surface area contributed by atoms with Gasteiger partial charge in [-0.15, -0.1) is 0 Å². The van der Waals surface area contributed by atoms with Gasteiger partial charge in [-0.05, 0) is 71.2 Å². The monoisotopic (exact) mass is 465 g/mol. The molecule has 0 saturated heterocycles. The Morgan fingerprint density at radius 3 is 2.03 bits per heavy atom. The van der Waals surface area contributed by atoms with E-state index in [1.807, 2.05) is 6.07 Å². The van der Waals surface area contributed by atoms with Crippen molar-refractivity contribution < 1.29 is 21.0 Å². The second-order valence-electron chi connectivity index (χ2n) is 9.22. The highest BCUT2D eigenvalue weighted by molar-refractivity contribution is 7.92. The summed E-state index contributed by atoms with van der Waals surface area (Å²) in [5, 5.41) is 0. The molecule has 0 unspecified atom stereocenters. The fourth-order valence-electron chi connectivity index (χ4n) is 3.80. The Morgan fingerprint density at radius 1 is 0.839 bits per heavy atom. The molecule has 1 N–H and O–H groups in total. The van der Waals surface area contributed by atoms with Crippen LogP contribution < -0.4 is 14.3 Å². The third-order valence-corrected chi connectivity index (χ3v) is 7.56. The molecule has 0 heterocycles. The summed E-state index contributed by atoms with van der Waals surface area (Å²) in [7, 11) is -7.83. The van der Waals surface area contributed by atoms with Crippen LogP contribution in [0.3, 0.4) is 0 Å². The van der Waals surface area contributed by atoms with Crippen molar-refractivity contribution in [3.8, 4) is 5.75 Å². The lowest BCUT2D eigenvalue weighted by Crippen LogP contribution is -2.34. The van der Waals surface area contributed by atoms with Gasteiger partial charge in [0.25, 0.3) is 10.0 Å². The standard InChI is InChI=1S/C22H27NO6S2/c1-21(2)12-13-22(3,4)18-14-16(8-9-17(18)21)31(27,28)23-15-6-10-19(24)20(11-7-15)29-30(5,25)26/h6-11,14,23H,12-13H2,1-5H3. The normalized spacial score (nSPS) is 17.5. The Labute approximate surface area is 183 Å². The van der Waals surface area contributed by atoms with Gasteiger partial charge in [0, 0.05) is 5.69 Å². The molecule has 0 spiro atoms. The largest absolute Gasteiger partial charge is 0.378 e. The van der Waals surface area contributed by atoms with Crippen molar-refractivity contribution >= 4 is 25.8 Å². The summed E-state index contributed by atoms with van der Waals surface area (Å²) in [4.78, 5) is 12.1. The van der Waals surface area contributed by atoms with Crippen molar-refractivity contribution in [1.29, 1.82) is 0 Å². The summed E-state index contributed by atoms with van der Waals surface area (Å²) < 4.78 is 55.8. The average Bonchev–Trinajstić information content (AvgIpc) is 2.80. The molecule has 0 aliphatic heterocycles. The third kappa shape index (κ3) is 5.10. The lowest BCUT2D eigenvalue weighted by atomic mass is 9.63. The fourth-order valence-corrected chi connectivity index (χ4v) is 5.35. The van der Waals surface area contributed by atoms with Gasteiger partial charge in [-0.3, -0.25) is 9.52 Å². The van der Waals surface area contributed by atoms with Gasteiger partial charge < -0.3 is 4.18 Å². The molecule has 1 aliphatic rings. The lowest BCUT2D eigenvalue weighted by Gasteiger charge is -2.42. The molecule has 0 atom stereocenters. The number of benzene rings is 1. The molecule has 0 bridgehead atoms. The van der Waals surface area contributed by atoms with Crippen LogP contribution in [-0.2, 0) is 31.0 Å². The fraction of sp³-hybridized carbons (Fsp3) is 0.409. The molecule has 0 aromatic heterocycles. The van der Waals surface area contributed by atoms with Gasteiger partial charge in [-0.25, -0.2) is 8.42 Å². The van der Waals surface area contributed by atoms with E-state index in [9.17, 15) is 21.6 Å². The summed E-state index contributed by atoms with van der Waals surface area (Å²) in [6.45, 7) is 8.55. The summed E-state index contributed by atoms with van der Waals surface area (Å²) in [5.74, 6) is -0.411. The first-order valence-corrected chi connectivity index (χ1v) is 13.1. The van der Waals surface area contributed by atoms with Crippen LogP contribution in [0.25, 0.3) is 0 Å². The molecule has 0 radical (unpaired) electrons. The minimum atomic E-state index is -3.94. The Morgan fingerprint density at radius 2 is 1.42 bits per heavy atom. The predicted octanol–water partition coefficient (Wildman–Crippen LogP) is 3.54. The van der Waals surface area contributed by atoms with Crippen LogP contribution >= 0.6 is 0 Å². The second kappa shape index (κ2) is 7.63. The molecule has 168 valence electrons. The average molecular weight is 466 g/mol. The van der Waals surface area contributed by atoms with E-state index in [1.54, 1.807) is 12.1 Å². The molecule has 7 nitrogen and oxygen atoms in total. The highest BCUT2D eigenvalue weighted by Crippen LogP contribution is 2.46. The highest BCUT2D eigenvalue weighted by Gasteiger charge is 2.37. The molecule has 0 amide bonds. The van der Waals surface area contributed by atoms with Crippen molar-refractivity contribution in [2.45, 2.75) is 56.3 Å². The molecular weight excluding hydrogens is 438 g/mol. The van der Waals surface area contributed by atoms with E-state index in [4.69, 9.17) is 0 Å².